The number of piperidine rings is 1. The van der Waals surface area contributed by atoms with E-state index in [-0.39, 0.29) is 12.0 Å². The lowest BCUT2D eigenvalue weighted by Gasteiger charge is -2.31. The van der Waals surface area contributed by atoms with Crippen molar-refractivity contribution in [3.63, 3.8) is 0 Å². The summed E-state index contributed by atoms with van der Waals surface area (Å²) in [4.78, 5) is 19.6. The van der Waals surface area contributed by atoms with E-state index in [4.69, 9.17) is 14.5 Å². The van der Waals surface area contributed by atoms with Gasteiger partial charge in [-0.3, -0.25) is 9.69 Å². The molecule has 0 bridgehead atoms. The molecule has 2 aliphatic rings. The molecule has 1 aromatic heterocycles. The number of ether oxygens (including phenoxy) is 2. The van der Waals surface area contributed by atoms with Gasteiger partial charge in [0.25, 0.3) is 0 Å². The van der Waals surface area contributed by atoms with Gasteiger partial charge in [-0.1, -0.05) is 24.3 Å². The minimum absolute atomic E-state index is 0.0300. The zero-order chi connectivity index (χ0) is 20.3. The fourth-order valence-corrected chi connectivity index (χ4v) is 5.21. The number of fused-ring (bicyclic) bond motifs is 2. The van der Waals surface area contributed by atoms with Gasteiger partial charge in [-0.25, -0.2) is 4.98 Å². The lowest BCUT2D eigenvalue weighted by molar-refractivity contribution is -0.123. The smallest absolute Gasteiger partial charge is 0.234 e. The molecule has 2 aromatic carbocycles. The Morgan fingerprint density at radius 3 is 2.90 bits per heavy atom. The summed E-state index contributed by atoms with van der Waals surface area (Å²) in [7, 11) is 0. The first-order valence-corrected chi connectivity index (χ1v) is 11.3. The number of carbonyl (C=O) groups excluding carboxylic acids is 1. The summed E-state index contributed by atoms with van der Waals surface area (Å²) in [6.07, 6.45) is 2.05. The maximum Gasteiger partial charge on any atom is 0.234 e. The first kappa shape index (κ1) is 19.3. The van der Waals surface area contributed by atoms with Gasteiger partial charge in [-0.2, -0.15) is 0 Å². The van der Waals surface area contributed by atoms with Crippen LogP contribution in [-0.2, 0) is 4.79 Å². The quantitative estimate of drug-likeness (QED) is 0.681. The number of thiazole rings is 1. The summed E-state index contributed by atoms with van der Waals surface area (Å²) in [5.74, 6) is 1.92. The number of para-hydroxylation sites is 3. The monoisotopic (exact) mass is 423 g/mol. The van der Waals surface area contributed by atoms with Gasteiger partial charge < -0.3 is 14.8 Å². The van der Waals surface area contributed by atoms with Crippen LogP contribution in [0.5, 0.6) is 11.5 Å². The molecule has 1 fully saturated rings. The molecule has 1 amide bonds. The Hall–Kier alpha value is -2.64. The van der Waals surface area contributed by atoms with E-state index in [1.165, 1.54) is 9.71 Å². The van der Waals surface area contributed by atoms with Crippen LogP contribution in [-0.4, -0.2) is 54.7 Å². The molecule has 5 rings (SSSR count). The normalized spacial score (nSPS) is 21.5. The number of likely N-dealkylation sites (tertiary alicyclic amines) is 1. The standard InChI is InChI=1S/C23H25N3O3S/c27-22(24-12-17-15-28-19-8-2-3-9-20(19)29-17)14-26-11-5-6-16(13-26)23-25-18-7-1-4-10-21(18)30-23/h1-4,7-10,16-17H,5-6,11-15H2,(H,24,27)/t16-,17-/m1/s1. The molecule has 6 nitrogen and oxygen atoms in total. The number of amides is 1. The molecule has 0 saturated carbocycles. The van der Waals surface area contributed by atoms with Gasteiger partial charge in [0.15, 0.2) is 11.5 Å². The van der Waals surface area contributed by atoms with Crippen LogP contribution in [0.4, 0.5) is 0 Å². The van der Waals surface area contributed by atoms with Crippen LogP contribution < -0.4 is 14.8 Å². The molecule has 2 atom stereocenters. The van der Waals surface area contributed by atoms with Crippen molar-refractivity contribution in [2.24, 2.45) is 0 Å². The Bertz CT molecular complexity index is 1000. The average molecular weight is 424 g/mol. The SMILES string of the molecule is O=C(CN1CCC[C@@H](c2nc3ccccc3s2)C1)NC[C@@H]1COc2ccccc2O1. The highest BCUT2D eigenvalue weighted by Crippen LogP contribution is 2.33. The summed E-state index contributed by atoms with van der Waals surface area (Å²) in [5, 5.41) is 4.20. The van der Waals surface area contributed by atoms with E-state index in [0.717, 1.165) is 42.9 Å². The van der Waals surface area contributed by atoms with Crippen molar-refractivity contribution < 1.29 is 14.3 Å². The Balaban J connectivity index is 1.13. The molecule has 0 aliphatic carbocycles. The maximum absolute atomic E-state index is 12.5. The summed E-state index contributed by atoms with van der Waals surface area (Å²) in [6.45, 7) is 3.13. The van der Waals surface area contributed by atoms with Crippen molar-refractivity contribution in [3.8, 4) is 11.5 Å². The van der Waals surface area contributed by atoms with Crippen molar-refractivity contribution in [2.75, 3.05) is 32.8 Å². The Labute approximate surface area is 179 Å². The number of benzene rings is 2. The summed E-state index contributed by atoms with van der Waals surface area (Å²) in [6, 6.07) is 15.9. The topological polar surface area (TPSA) is 63.7 Å². The summed E-state index contributed by atoms with van der Waals surface area (Å²) in [5.41, 5.74) is 1.07. The van der Waals surface area contributed by atoms with E-state index in [9.17, 15) is 4.79 Å². The van der Waals surface area contributed by atoms with Crippen LogP contribution in [0.3, 0.4) is 0 Å². The van der Waals surface area contributed by atoms with Crippen molar-refractivity contribution in [1.29, 1.82) is 0 Å². The lowest BCUT2D eigenvalue weighted by atomic mass is 9.99. The molecule has 30 heavy (non-hydrogen) atoms. The minimum Gasteiger partial charge on any atom is -0.486 e. The fraction of sp³-hybridized carbons (Fsp3) is 0.391. The van der Waals surface area contributed by atoms with E-state index < -0.39 is 0 Å². The zero-order valence-electron chi connectivity index (χ0n) is 16.8. The second-order valence-electron chi connectivity index (χ2n) is 7.90. The van der Waals surface area contributed by atoms with Crippen LogP contribution in [0.15, 0.2) is 48.5 Å². The predicted molar refractivity (Wildman–Crippen MR) is 117 cm³/mol. The number of carbonyl (C=O) groups is 1. The Kier molecular flexibility index (Phi) is 5.55. The molecule has 156 valence electrons. The fourth-order valence-electron chi connectivity index (χ4n) is 4.12. The third-order valence-corrected chi connectivity index (χ3v) is 6.83. The number of hydrogen-bond acceptors (Lipinski definition) is 6. The van der Waals surface area contributed by atoms with Crippen molar-refractivity contribution in [1.82, 2.24) is 15.2 Å². The second kappa shape index (κ2) is 8.62. The lowest BCUT2D eigenvalue weighted by Crippen LogP contribution is -2.46. The average Bonchev–Trinajstić information content (AvgIpc) is 3.22. The van der Waals surface area contributed by atoms with Crippen LogP contribution in [0, 0.1) is 0 Å². The van der Waals surface area contributed by atoms with E-state index >= 15 is 0 Å². The molecule has 7 heteroatoms. The largest absolute Gasteiger partial charge is 0.486 e. The number of nitrogens with one attached hydrogen (secondary N) is 1. The molecule has 3 heterocycles. The molecule has 0 radical (unpaired) electrons. The third kappa shape index (κ3) is 4.27. The van der Waals surface area contributed by atoms with Crippen molar-refractivity contribution in [2.45, 2.75) is 24.9 Å². The van der Waals surface area contributed by atoms with Gasteiger partial charge in [-0.15, -0.1) is 11.3 Å². The van der Waals surface area contributed by atoms with E-state index in [0.29, 0.717) is 25.6 Å². The highest BCUT2D eigenvalue weighted by Gasteiger charge is 2.26. The van der Waals surface area contributed by atoms with Crippen LogP contribution in [0.1, 0.15) is 23.8 Å². The van der Waals surface area contributed by atoms with Gasteiger partial charge in [-0.05, 0) is 43.7 Å². The first-order chi connectivity index (χ1) is 14.7. The highest BCUT2D eigenvalue weighted by atomic mass is 32.1. The summed E-state index contributed by atoms with van der Waals surface area (Å²) < 4.78 is 12.9. The number of nitrogens with zero attached hydrogens (tertiary/aromatic N) is 2. The number of aromatic nitrogens is 1. The number of rotatable bonds is 5. The molecular weight excluding hydrogens is 398 g/mol. The zero-order valence-corrected chi connectivity index (χ0v) is 17.6. The summed E-state index contributed by atoms with van der Waals surface area (Å²) >= 11 is 1.78. The third-order valence-electron chi connectivity index (χ3n) is 5.63. The van der Waals surface area contributed by atoms with Crippen LogP contribution in [0.25, 0.3) is 10.2 Å². The van der Waals surface area contributed by atoms with Gasteiger partial charge >= 0.3 is 0 Å². The molecular formula is C23H25N3O3S. The Morgan fingerprint density at radius 2 is 2.00 bits per heavy atom. The molecule has 1 N–H and O–H groups in total. The number of hydrogen-bond donors (Lipinski definition) is 1. The highest BCUT2D eigenvalue weighted by molar-refractivity contribution is 7.18. The van der Waals surface area contributed by atoms with Crippen LogP contribution in [0.2, 0.25) is 0 Å². The van der Waals surface area contributed by atoms with Crippen LogP contribution >= 0.6 is 11.3 Å². The first-order valence-electron chi connectivity index (χ1n) is 10.5. The Morgan fingerprint density at radius 1 is 1.17 bits per heavy atom. The predicted octanol–water partition coefficient (Wildman–Crippen LogP) is 3.43. The molecule has 1 saturated heterocycles. The van der Waals surface area contributed by atoms with Gasteiger partial charge in [0.1, 0.15) is 12.7 Å². The van der Waals surface area contributed by atoms with Gasteiger partial charge in [0.05, 0.1) is 28.3 Å². The van der Waals surface area contributed by atoms with Crippen molar-refractivity contribution in [3.05, 3.63) is 53.5 Å². The molecule has 0 spiro atoms. The second-order valence-corrected chi connectivity index (χ2v) is 8.96. The molecule has 0 unspecified atom stereocenters. The van der Waals surface area contributed by atoms with Gasteiger partial charge in [0, 0.05) is 12.5 Å². The van der Waals surface area contributed by atoms with E-state index in [2.05, 4.69) is 28.4 Å². The van der Waals surface area contributed by atoms with E-state index in [1.807, 2.05) is 30.3 Å². The van der Waals surface area contributed by atoms with E-state index in [1.54, 1.807) is 11.3 Å². The van der Waals surface area contributed by atoms with Gasteiger partial charge in [0.2, 0.25) is 5.91 Å². The maximum atomic E-state index is 12.5. The molecule has 2 aliphatic heterocycles. The van der Waals surface area contributed by atoms with Crippen molar-refractivity contribution >= 4 is 27.5 Å². The minimum atomic E-state index is -0.166. The molecule has 3 aromatic rings.